The molecule has 1 aromatic rings. The fourth-order valence-electron chi connectivity index (χ4n) is 1.97. The predicted molar refractivity (Wildman–Crippen MR) is 77.2 cm³/mol. The molecule has 21 heavy (non-hydrogen) atoms. The topological polar surface area (TPSA) is 78.4 Å². The Morgan fingerprint density at radius 2 is 1.86 bits per heavy atom. The lowest BCUT2D eigenvalue weighted by Crippen LogP contribution is -2.36. The van der Waals surface area contributed by atoms with E-state index in [0.29, 0.717) is 0 Å². The third-order valence-electron chi connectivity index (χ3n) is 2.96. The number of halogens is 3. The second-order valence-electron chi connectivity index (χ2n) is 4.51. The molecule has 1 aromatic carbocycles. The highest BCUT2D eigenvalue weighted by molar-refractivity contribution is 6.39. The van der Waals surface area contributed by atoms with Crippen LogP contribution in [0.3, 0.4) is 0 Å². The SMILES string of the molecule is O=C(Nc1c(Cl)cc(F)cc1Cl)NC1C=CC(C(=O)O)C1. The molecular formula is C13H11Cl2FN2O3. The van der Waals surface area contributed by atoms with Gasteiger partial charge in [0.05, 0.1) is 27.7 Å². The molecule has 0 aromatic heterocycles. The summed E-state index contributed by atoms with van der Waals surface area (Å²) in [6.45, 7) is 0. The lowest BCUT2D eigenvalue weighted by molar-refractivity contribution is -0.140. The number of carboxylic acid groups (broad SMARTS) is 1. The van der Waals surface area contributed by atoms with Crippen LogP contribution in [-0.4, -0.2) is 23.1 Å². The fourth-order valence-corrected chi connectivity index (χ4v) is 2.52. The molecule has 112 valence electrons. The molecule has 2 atom stereocenters. The van der Waals surface area contributed by atoms with Crippen LogP contribution in [0.1, 0.15) is 6.42 Å². The van der Waals surface area contributed by atoms with Crippen molar-refractivity contribution >= 4 is 40.9 Å². The van der Waals surface area contributed by atoms with E-state index in [4.69, 9.17) is 28.3 Å². The Labute approximate surface area is 129 Å². The van der Waals surface area contributed by atoms with Gasteiger partial charge in [0.15, 0.2) is 0 Å². The van der Waals surface area contributed by atoms with Crippen molar-refractivity contribution in [3.8, 4) is 0 Å². The summed E-state index contributed by atoms with van der Waals surface area (Å²) in [4.78, 5) is 22.6. The summed E-state index contributed by atoms with van der Waals surface area (Å²) in [7, 11) is 0. The Hall–Kier alpha value is -1.79. The standard InChI is InChI=1S/C13H11Cl2FN2O3/c14-9-4-7(16)5-10(15)11(9)18-13(21)17-8-2-1-6(3-8)12(19)20/h1-2,4-6,8H,3H2,(H,19,20)(H2,17,18,21). The zero-order valence-corrected chi connectivity index (χ0v) is 12.1. The molecule has 2 amide bonds. The lowest BCUT2D eigenvalue weighted by atomic mass is 10.1. The molecule has 0 radical (unpaired) electrons. The summed E-state index contributed by atoms with van der Waals surface area (Å²) < 4.78 is 13.0. The van der Waals surface area contributed by atoms with E-state index in [0.717, 1.165) is 12.1 Å². The first-order chi connectivity index (χ1) is 9.86. The number of carbonyl (C=O) groups excluding carboxylic acids is 1. The number of benzene rings is 1. The summed E-state index contributed by atoms with van der Waals surface area (Å²) in [6.07, 6.45) is 3.39. The van der Waals surface area contributed by atoms with Crippen molar-refractivity contribution in [2.45, 2.75) is 12.5 Å². The van der Waals surface area contributed by atoms with Crippen LogP contribution in [-0.2, 0) is 4.79 Å². The summed E-state index contributed by atoms with van der Waals surface area (Å²) >= 11 is 11.6. The van der Waals surface area contributed by atoms with E-state index in [-0.39, 0.29) is 22.2 Å². The zero-order valence-electron chi connectivity index (χ0n) is 10.6. The molecule has 0 saturated heterocycles. The second-order valence-corrected chi connectivity index (χ2v) is 5.33. The van der Waals surface area contributed by atoms with Crippen LogP contribution in [0.15, 0.2) is 24.3 Å². The average molecular weight is 333 g/mol. The first kappa shape index (κ1) is 15.6. The number of urea groups is 1. The average Bonchev–Trinajstić information content (AvgIpc) is 2.82. The van der Waals surface area contributed by atoms with Gasteiger partial charge >= 0.3 is 12.0 Å². The van der Waals surface area contributed by atoms with E-state index < -0.39 is 29.8 Å². The number of hydrogen-bond donors (Lipinski definition) is 3. The Balaban J connectivity index is 1.98. The monoisotopic (exact) mass is 332 g/mol. The molecule has 8 heteroatoms. The number of hydrogen-bond acceptors (Lipinski definition) is 2. The van der Waals surface area contributed by atoms with Crippen LogP contribution >= 0.6 is 23.2 Å². The van der Waals surface area contributed by atoms with Crippen LogP contribution < -0.4 is 10.6 Å². The normalized spacial score (nSPS) is 20.3. The van der Waals surface area contributed by atoms with E-state index in [1.165, 1.54) is 6.08 Å². The number of amides is 2. The molecule has 3 N–H and O–H groups in total. The number of nitrogens with one attached hydrogen (secondary N) is 2. The van der Waals surface area contributed by atoms with Crippen LogP contribution in [0, 0.1) is 11.7 Å². The number of aliphatic carboxylic acids is 1. The maximum Gasteiger partial charge on any atom is 0.319 e. The van der Waals surface area contributed by atoms with Crippen molar-refractivity contribution in [2.24, 2.45) is 5.92 Å². The zero-order chi connectivity index (χ0) is 15.6. The molecule has 0 saturated carbocycles. The van der Waals surface area contributed by atoms with Crippen LogP contribution in [0.5, 0.6) is 0 Å². The van der Waals surface area contributed by atoms with Crippen LogP contribution in [0.4, 0.5) is 14.9 Å². The molecule has 2 rings (SSSR count). The van der Waals surface area contributed by atoms with E-state index in [2.05, 4.69) is 10.6 Å². The molecule has 0 aliphatic heterocycles. The van der Waals surface area contributed by atoms with Gasteiger partial charge in [0.1, 0.15) is 5.82 Å². The molecule has 1 aliphatic rings. The summed E-state index contributed by atoms with van der Waals surface area (Å²) in [5.74, 6) is -2.17. The second kappa shape index (κ2) is 6.32. The van der Waals surface area contributed by atoms with Gasteiger partial charge in [-0.2, -0.15) is 0 Å². The van der Waals surface area contributed by atoms with Crippen LogP contribution in [0.25, 0.3) is 0 Å². The fraction of sp³-hybridized carbons (Fsp3) is 0.231. The lowest BCUT2D eigenvalue weighted by Gasteiger charge is -2.14. The third kappa shape index (κ3) is 3.86. The highest BCUT2D eigenvalue weighted by atomic mass is 35.5. The minimum atomic E-state index is -0.944. The van der Waals surface area contributed by atoms with Crippen molar-refractivity contribution in [3.05, 3.63) is 40.1 Å². The number of rotatable bonds is 3. The maximum atomic E-state index is 13.0. The third-order valence-corrected chi connectivity index (χ3v) is 3.56. The van der Waals surface area contributed by atoms with E-state index in [1.54, 1.807) is 6.08 Å². The van der Waals surface area contributed by atoms with Crippen molar-refractivity contribution in [1.29, 1.82) is 0 Å². The molecule has 1 aliphatic carbocycles. The molecule has 0 heterocycles. The van der Waals surface area contributed by atoms with Crippen molar-refractivity contribution in [2.75, 3.05) is 5.32 Å². The maximum absolute atomic E-state index is 13.0. The number of carbonyl (C=O) groups is 2. The quantitative estimate of drug-likeness (QED) is 0.743. The summed E-state index contributed by atoms with van der Waals surface area (Å²) in [5, 5.41) is 13.8. The molecular weight excluding hydrogens is 322 g/mol. The Kier molecular flexibility index (Phi) is 4.69. The van der Waals surface area contributed by atoms with Gasteiger partial charge in [-0.25, -0.2) is 9.18 Å². The number of anilines is 1. The van der Waals surface area contributed by atoms with Crippen LogP contribution in [0.2, 0.25) is 10.0 Å². The predicted octanol–water partition coefficient (Wildman–Crippen LogP) is 3.28. The van der Waals surface area contributed by atoms with Gasteiger partial charge in [-0.1, -0.05) is 35.4 Å². The minimum absolute atomic E-state index is 0.0273. The van der Waals surface area contributed by atoms with Crippen molar-refractivity contribution in [1.82, 2.24) is 5.32 Å². The number of carboxylic acids is 1. The van der Waals surface area contributed by atoms with Gasteiger partial charge in [-0.3, -0.25) is 4.79 Å². The summed E-state index contributed by atoms with van der Waals surface area (Å²) in [6, 6.07) is 1.05. The van der Waals surface area contributed by atoms with E-state index in [1.807, 2.05) is 0 Å². The van der Waals surface area contributed by atoms with Gasteiger partial charge in [0, 0.05) is 0 Å². The van der Waals surface area contributed by atoms with E-state index in [9.17, 15) is 14.0 Å². The first-order valence-corrected chi connectivity index (χ1v) is 6.75. The smallest absolute Gasteiger partial charge is 0.319 e. The van der Waals surface area contributed by atoms with Gasteiger partial charge in [0.2, 0.25) is 0 Å². The van der Waals surface area contributed by atoms with Crippen molar-refractivity contribution < 1.29 is 19.1 Å². The molecule has 5 nitrogen and oxygen atoms in total. The largest absolute Gasteiger partial charge is 0.481 e. The Morgan fingerprint density at radius 1 is 1.24 bits per heavy atom. The summed E-state index contributed by atoms with van der Waals surface area (Å²) in [5.41, 5.74) is 0.0917. The minimum Gasteiger partial charge on any atom is -0.481 e. The van der Waals surface area contributed by atoms with Gasteiger partial charge in [0.25, 0.3) is 0 Å². The molecule has 0 spiro atoms. The Bertz CT molecular complexity index is 598. The van der Waals surface area contributed by atoms with Gasteiger partial charge in [-0.05, 0) is 18.6 Å². The highest BCUT2D eigenvalue weighted by Gasteiger charge is 2.25. The van der Waals surface area contributed by atoms with Crippen molar-refractivity contribution in [3.63, 3.8) is 0 Å². The first-order valence-electron chi connectivity index (χ1n) is 6.00. The van der Waals surface area contributed by atoms with E-state index >= 15 is 0 Å². The molecule has 0 bridgehead atoms. The Morgan fingerprint density at radius 3 is 2.38 bits per heavy atom. The highest BCUT2D eigenvalue weighted by Crippen LogP contribution is 2.31. The molecule has 2 unspecified atom stereocenters. The van der Waals surface area contributed by atoms with Gasteiger partial charge < -0.3 is 15.7 Å². The molecule has 0 fully saturated rings. The van der Waals surface area contributed by atoms with Gasteiger partial charge in [-0.15, -0.1) is 0 Å².